The highest BCUT2D eigenvalue weighted by atomic mass is 16.5. The third-order valence-electron chi connectivity index (χ3n) is 3.61. The van der Waals surface area contributed by atoms with E-state index in [1.165, 1.54) is 6.42 Å². The first kappa shape index (κ1) is 13.0. The summed E-state index contributed by atoms with van der Waals surface area (Å²) in [6, 6.07) is 0. The molecule has 0 unspecified atom stereocenters. The summed E-state index contributed by atoms with van der Waals surface area (Å²) in [6.07, 6.45) is 4.43. The summed E-state index contributed by atoms with van der Waals surface area (Å²) in [7, 11) is 0. The summed E-state index contributed by atoms with van der Waals surface area (Å²) in [6.45, 7) is 2.90. The topological polar surface area (TPSA) is 94.0 Å². The number of carbonyl (C=O) groups excluding carboxylic acids is 1. The number of hydrogen-bond acceptors (Lipinski definition) is 5. The molecule has 3 N–H and O–H groups in total. The standard InChI is InChI=1S/C12H20N4O2/c1-9-15-11(18-16-9)3-6-14-10(17)7-12(8-13)4-2-5-12/h2-8,13H2,1H3,(H,14,17). The first-order valence-corrected chi connectivity index (χ1v) is 6.39. The largest absolute Gasteiger partial charge is 0.356 e. The van der Waals surface area contributed by atoms with Crippen molar-refractivity contribution in [1.29, 1.82) is 0 Å². The molecule has 0 bridgehead atoms. The molecule has 1 aliphatic rings. The number of aryl methyl sites for hydroxylation is 1. The van der Waals surface area contributed by atoms with Crippen LogP contribution in [0.4, 0.5) is 0 Å². The number of aromatic nitrogens is 2. The maximum Gasteiger partial charge on any atom is 0.228 e. The zero-order chi connectivity index (χ0) is 13.0. The molecular weight excluding hydrogens is 232 g/mol. The fourth-order valence-electron chi connectivity index (χ4n) is 2.28. The highest BCUT2D eigenvalue weighted by molar-refractivity contribution is 5.76. The van der Waals surface area contributed by atoms with Crippen LogP contribution in [0.5, 0.6) is 0 Å². The minimum Gasteiger partial charge on any atom is -0.356 e. The van der Waals surface area contributed by atoms with Crippen molar-refractivity contribution in [2.45, 2.75) is 39.0 Å². The normalized spacial score (nSPS) is 17.2. The predicted molar refractivity (Wildman–Crippen MR) is 65.7 cm³/mol. The number of rotatable bonds is 6. The van der Waals surface area contributed by atoms with E-state index in [1.54, 1.807) is 6.92 Å². The average Bonchev–Trinajstić information content (AvgIpc) is 2.70. The van der Waals surface area contributed by atoms with Gasteiger partial charge in [-0.15, -0.1) is 0 Å². The lowest BCUT2D eigenvalue weighted by Gasteiger charge is -2.40. The van der Waals surface area contributed by atoms with Crippen molar-refractivity contribution >= 4 is 5.91 Å². The molecule has 0 aromatic carbocycles. The number of nitrogens with zero attached hydrogens (tertiary/aromatic N) is 2. The molecule has 6 heteroatoms. The Hall–Kier alpha value is -1.43. The quantitative estimate of drug-likeness (QED) is 0.771. The van der Waals surface area contributed by atoms with Crippen LogP contribution in [0.2, 0.25) is 0 Å². The lowest BCUT2D eigenvalue weighted by atomic mass is 9.66. The smallest absolute Gasteiger partial charge is 0.228 e. The Morgan fingerprint density at radius 1 is 1.56 bits per heavy atom. The van der Waals surface area contributed by atoms with E-state index < -0.39 is 0 Å². The summed E-state index contributed by atoms with van der Waals surface area (Å²) >= 11 is 0. The Morgan fingerprint density at radius 3 is 2.83 bits per heavy atom. The SMILES string of the molecule is Cc1noc(CCNC(=O)CC2(CN)CCC2)n1. The van der Waals surface area contributed by atoms with E-state index in [9.17, 15) is 4.79 Å². The van der Waals surface area contributed by atoms with Crippen LogP contribution in [0.15, 0.2) is 4.52 Å². The average molecular weight is 252 g/mol. The van der Waals surface area contributed by atoms with Gasteiger partial charge < -0.3 is 15.6 Å². The second kappa shape index (κ2) is 5.48. The van der Waals surface area contributed by atoms with Gasteiger partial charge in [-0.2, -0.15) is 4.98 Å². The molecule has 1 fully saturated rings. The molecule has 0 atom stereocenters. The number of amides is 1. The van der Waals surface area contributed by atoms with Crippen LogP contribution >= 0.6 is 0 Å². The fourth-order valence-corrected chi connectivity index (χ4v) is 2.28. The third-order valence-corrected chi connectivity index (χ3v) is 3.61. The second-order valence-electron chi connectivity index (χ2n) is 5.07. The monoisotopic (exact) mass is 252 g/mol. The first-order chi connectivity index (χ1) is 8.63. The van der Waals surface area contributed by atoms with Crippen molar-refractivity contribution in [3.63, 3.8) is 0 Å². The van der Waals surface area contributed by atoms with E-state index in [4.69, 9.17) is 10.3 Å². The molecule has 1 heterocycles. The highest BCUT2D eigenvalue weighted by Gasteiger charge is 2.37. The van der Waals surface area contributed by atoms with Crippen molar-refractivity contribution in [3.05, 3.63) is 11.7 Å². The summed E-state index contributed by atoms with van der Waals surface area (Å²) in [5.41, 5.74) is 5.79. The van der Waals surface area contributed by atoms with E-state index in [0.29, 0.717) is 37.6 Å². The van der Waals surface area contributed by atoms with Gasteiger partial charge in [-0.1, -0.05) is 11.6 Å². The van der Waals surface area contributed by atoms with Gasteiger partial charge in [-0.3, -0.25) is 4.79 Å². The van der Waals surface area contributed by atoms with Gasteiger partial charge in [0.25, 0.3) is 0 Å². The Bertz CT molecular complexity index is 406. The number of nitrogens with two attached hydrogens (primary N) is 1. The van der Waals surface area contributed by atoms with Gasteiger partial charge in [-0.05, 0) is 31.7 Å². The van der Waals surface area contributed by atoms with E-state index >= 15 is 0 Å². The molecule has 2 rings (SSSR count). The second-order valence-corrected chi connectivity index (χ2v) is 5.07. The summed E-state index contributed by atoms with van der Waals surface area (Å²) < 4.78 is 4.97. The summed E-state index contributed by atoms with van der Waals surface area (Å²) in [5, 5.41) is 6.57. The lowest BCUT2D eigenvalue weighted by Crippen LogP contribution is -2.42. The molecule has 100 valence electrons. The van der Waals surface area contributed by atoms with Crippen molar-refractivity contribution in [1.82, 2.24) is 15.5 Å². The molecule has 0 radical (unpaired) electrons. The van der Waals surface area contributed by atoms with Gasteiger partial charge in [-0.25, -0.2) is 0 Å². The minimum absolute atomic E-state index is 0.0607. The van der Waals surface area contributed by atoms with Crippen LogP contribution in [0, 0.1) is 12.3 Å². The molecule has 1 aliphatic carbocycles. The number of hydrogen-bond donors (Lipinski definition) is 2. The maximum atomic E-state index is 11.8. The van der Waals surface area contributed by atoms with Gasteiger partial charge in [0.05, 0.1) is 0 Å². The van der Waals surface area contributed by atoms with Crippen molar-refractivity contribution in [3.8, 4) is 0 Å². The molecule has 0 spiro atoms. The van der Waals surface area contributed by atoms with Gasteiger partial charge >= 0.3 is 0 Å². The zero-order valence-corrected chi connectivity index (χ0v) is 10.7. The van der Waals surface area contributed by atoms with E-state index in [1.807, 2.05) is 0 Å². The number of carbonyl (C=O) groups is 1. The Labute approximate surface area is 106 Å². The van der Waals surface area contributed by atoms with Crippen LogP contribution in [0.3, 0.4) is 0 Å². The minimum atomic E-state index is 0.0607. The van der Waals surface area contributed by atoms with E-state index in [0.717, 1.165) is 12.8 Å². The van der Waals surface area contributed by atoms with Crippen LogP contribution in [-0.4, -0.2) is 29.1 Å². The van der Waals surface area contributed by atoms with Crippen LogP contribution in [0.1, 0.15) is 37.4 Å². The van der Waals surface area contributed by atoms with Crippen LogP contribution < -0.4 is 11.1 Å². The van der Waals surface area contributed by atoms with Crippen molar-refractivity contribution in [2.75, 3.05) is 13.1 Å². The molecule has 1 amide bonds. The molecule has 0 saturated heterocycles. The Kier molecular flexibility index (Phi) is 3.96. The molecule has 6 nitrogen and oxygen atoms in total. The molecule has 18 heavy (non-hydrogen) atoms. The lowest BCUT2D eigenvalue weighted by molar-refractivity contribution is -0.124. The van der Waals surface area contributed by atoms with Crippen LogP contribution in [0.25, 0.3) is 0 Å². The Balaban J connectivity index is 1.69. The fraction of sp³-hybridized carbons (Fsp3) is 0.750. The van der Waals surface area contributed by atoms with Gasteiger partial charge in [0.1, 0.15) is 0 Å². The van der Waals surface area contributed by atoms with E-state index in [2.05, 4.69) is 15.5 Å². The third kappa shape index (κ3) is 3.07. The zero-order valence-electron chi connectivity index (χ0n) is 10.7. The summed E-state index contributed by atoms with van der Waals surface area (Å²) in [4.78, 5) is 15.8. The molecule has 0 aliphatic heterocycles. The van der Waals surface area contributed by atoms with Gasteiger partial charge in [0, 0.05) is 19.4 Å². The number of nitrogens with one attached hydrogen (secondary N) is 1. The molecule has 1 saturated carbocycles. The first-order valence-electron chi connectivity index (χ1n) is 6.39. The van der Waals surface area contributed by atoms with Crippen molar-refractivity contribution < 1.29 is 9.32 Å². The van der Waals surface area contributed by atoms with E-state index in [-0.39, 0.29) is 11.3 Å². The molecule has 1 aromatic rings. The molecular formula is C12H20N4O2. The van der Waals surface area contributed by atoms with Crippen molar-refractivity contribution in [2.24, 2.45) is 11.1 Å². The summed E-state index contributed by atoms with van der Waals surface area (Å²) in [5.74, 6) is 1.24. The maximum absolute atomic E-state index is 11.8. The Morgan fingerprint density at radius 2 is 2.33 bits per heavy atom. The molecule has 1 aromatic heterocycles. The van der Waals surface area contributed by atoms with Crippen LogP contribution in [-0.2, 0) is 11.2 Å². The predicted octanol–water partition coefficient (Wildman–Crippen LogP) is 0.556. The van der Waals surface area contributed by atoms with Gasteiger partial charge in [0.15, 0.2) is 5.82 Å². The van der Waals surface area contributed by atoms with Gasteiger partial charge in [0.2, 0.25) is 11.8 Å². The highest BCUT2D eigenvalue weighted by Crippen LogP contribution is 2.42.